The van der Waals surface area contributed by atoms with Gasteiger partial charge in [-0.3, -0.25) is 14.5 Å². The summed E-state index contributed by atoms with van der Waals surface area (Å²) in [5.41, 5.74) is 0.405. The number of benzene rings is 2. The highest BCUT2D eigenvalue weighted by Gasteiger charge is 2.56. The molecule has 1 N–H and O–H groups in total. The fourth-order valence-corrected chi connectivity index (χ4v) is 6.45. The first-order chi connectivity index (χ1) is 23.3. The Kier molecular flexibility index (Phi) is 7.03. The van der Waals surface area contributed by atoms with Gasteiger partial charge in [-0.25, -0.2) is 9.98 Å². The van der Waals surface area contributed by atoms with Crippen molar-refractivity contribution in [2.45, 2.75) is 56.9 Å². The van der Waals surface area contributed by atoms with Crippen LogP contribution in [0, 0.1) is 0 Å². The van der Waals surface area contributed by atoms with Crippen molar-refractivity contribution in [3.05, 3.63) is 88.1 Å². The number of aromatic nitrogens is 4. The first kappa shape index (κ1) is 31.0. The normalized spacial score (nSPS) is 20.5. The van der Waals surface area contributed by atoms with Gasteiger partial charge in [-0.05, 0) is 48.4 Å². The molecule has 2 amide bonds. The lowest BCUT2D eigenvalue weighted by Crippen LogP contribution is -2.35. The van der Waals surface area contributed by atoms with Gasteiger partial charge in [-0.1, -0.05) is 6.07 Å². The van der Waals surface area contributed by atoms with E-state index in [1.807, 2.05) is 0 Å². The highest BCUT2D eigenvalue weighted by molar-refractivity contribution is 6.19. The Morgan fingerprint density at radius 1 is 1.02 bits per heavy atom. The van der Waals surface area contributed by atoms with Gasteiger partial charge in [0.25, 0.3) is 5.91 Å². The van der Waals surface area contributed by atoms with Gasteiger partial charge in [0.2, 0.25) is 11.7 Å². The third-order valence-corrected chi connectivity index (χ3v) is 8.85. The summed E-state index contributed by atoms with van der Waals surface area (Å²) in [5.74, 6) is -0.485. The van der Waals surface area contributed by atoms with Crippen LogP contribution in [0.2, 0.25) is 0 Å². The third-order valence-electron chi connectivity index (χ3n) is 8.85. The second-order valence-corrected chi connectivity index (χ2v) is 12.0. The average Bonchev–Trinajstić information content (AvgIpc) is 3.35. The molecule has 1 saturated carbocycles. The minimum absolute atomic E-state index is 0.00140. The molecule has 1 fully saturated rings. The second kappa shape index (κ2) is 11.1. The van der Waals surface area contributed by atoms with E-state index in [1.165, 1.54) is 23.2 Å². The number of anilines is 1. The molecule has 2 aromatic heterocycles. The van der Waals surface area contributed by atoms with E-state index in [2.05, 4.69) is 25.5 Å². The number of rotatable bonds is 5. The van der Waals surface area contributed by atoms with Gasteiger partial charge in [0.1, 0.15) is 35.0 Å². The Bertz CT molecular complexity index is 2080. The number of nitrogens with zero attached hydrogens (tertiary/aromatic N) is 6. The first-order valence-corrected chi connectivity index (χ1v) is 15.1. The molecule has 2 aromatic carbocycles. The number of nitrogens with one attached hydrogen (secondary N) is 1. The minimum Gasteiger partial charge on any atom is -0.483 e. The highest BCUT2D eigenvalue weighted by Crippen LogP contribution is 2.52. The molecule has 0 radical (unpaired) electrons. The van der Waals surface area contributed by atoms with Gasteiger partial charge in [-0.2, -0.15) is 26.3 Å². The molecule has 8 rings (SSSR count). The molecule has 4 aromatic rings. The molecule has 0 saturated heterocycles. The fourth-order valence-electron chi connectivity index (χ4n) is 6.45. The summed E-state index contributed by atoms with van der Waals surface area (Å²) in [6.45, 7) is -0.463. The molecule has 11 nitrogen and oxygen atoms in total. The molecule has 3 aliphatic heterocycles. The van der Waals surface area contributed by atoms with Crippen LogP contribution in [-0.4, -0.2) is 54.8 Å². The lowest BCUT2D eigenvalue weighted by molar-refractivity contribution is -0.148. The van der Waals surface area contributed by atoms with Crippen LogP contribution < -0.4 is 14.8 Å². The number of alkyl halides is 6. The number of pyridine rings is 1. The number of halogens is 6. The van der Waals surface area contributed by atoms with E-state index in [0.29, 0.717) is 41.6 Å². The Labute approximate surface area is 272 Å². The van der Waals surface area contributed by atoms with Crippen molar-refractivity contribution in [2.24, 2.45) is 4.99 Å². The molecule has 0 bridgehead atoms. The smallest absolute Gasteiger partial charge is 0.451 e. The van der Waals surface area contributed by atoms with Crippen LogP contribution in [0.5, 0.6) is 17.2 Å². The predicted octanol–water partition coefficient (Wildman–Crippen LogP) is 5.54. The highest BCUT2D eigenvalue weighted by atomic mass is 19.4. The maximum atomic E-state index is 14.2. The van der Waals surface area contributed by atoms with Gasteiger partial charge < -0.3 is 19.4 Å². The van der Waals surface area contributed by atoms with E-state index < -0.39 is 35.8 Å². The summed E-state index contributed by atoms with van der Waals surface area (Å²) in [6.07, 6.45) is -7.75. The number of ether oxygens (including phenoxy) is 2. The zero-order valence-electron chi connectivity index (χ0n) is 25.1. The topological polar surface area (TPSA) is 124 Å². The molecule has 0 unspecified atom stereocenters. The zero-order valence-corrected chi connectivity index (χ0v) is 25.1. The number of amides is 2. The summed E-state index contributed by atoms with van der Waals surface area (Å²) in [4.78, 5) is 34.7. The van der Waals surface area contributed by atoms with Gasteiger partial charge in [0.05, 0.1) is 23.7 Å². The maximum absolute atomic E-state index is 14.2. The average molecular weight is 684 g/mol. The molecule has 49 heavy (non-hydrogen) atoms. The zero-order chi connectivity index (χ0) is 34.2. The summed E-state index contributed by atoms with van der Waals surface area (Å²) >= 11 is 0. The van der Waals surface area contributed by atoms with Crippen LogP contribution in [0.25, 0.3) is 0 Å². The molecule has 17 heteroatoms. The monoisotopic (exact) mass is 683 g/mol. The first-order valence-electron chi connectivity index (χ1n) is 15.1. The van der Waals surface area contributed by atoms with Gasteiger partial charge in [-0.15, -0.1) is 10.2 Å². The van der Waals surface area contributed by atoms with Crippen molar-refractivity contribution in [1.82, 2.24) is 24.6 Å². The Morgan fingerprint density at radius 2 is 1.86 bits per heavy atom. The molecule has 252 valence electrons. The molecular weight excluding hydrogens is 660 g/mol. The molecule has 1 aliphatic carbocycles. The summed E-state index contributed by atoms with van der Waals surface area (Å²) < 4.78 is 95.0. The predicted molar refractivity (Wildman–Crippen MR) is 157 cm³/mol. The summed E-state index contributed by atoms with van der Waals surface area (Å²) in [6, 6.07) is 10.1. The molecule has 5 heterocycles. The SMILES string of the molecule is O=C1CCc2c(Oc3ccc4c(c3)[C@H]3C(=NC(=O)c5ccc(CN6CCn7c(nnc7C(F)(F)F)C6)c(C(F)(F)F)c5)[C@H]3O4)ccnc2N1. The van der Waals surface area contributed by atoms with Crippen LogP contribution in [0.3, 0.4) is 0 Å². The quantitative estimate of drug-likeness (QED) is 0.272. The van der Waals surface area contributed by atoms with E-state index >= 15 is 0 Å². The standard InChI is InChI=1S/C32H23F6N7O4/c33-31(34,35)20-11-15(1-2-16(20)13-44-9-10-45-23(14-44)42-43-30(45)32(36,37)38)29(47)41-26-25-19-12-17(3-5-21(19)49-27(25)26)48-22-7-8-39-28-18(22)4-6-24(46)40-28/h1-3,5,7-8,11-12,25,27H,4,6,9-10,13-14H2,(H,39,40,46)/t25-,27-/m0/s1. The Balaban J connectivity index is 0.983. The third kappa shape index (κ3) is 5.66. The van der Waals surface area contributed by atoms with Crippen molar-refractivity contribution in [2.75, 3.05) is 11.9 Å². The van der Waals surface area contributed by atoms with E-state index in [1.54, 1.807) is 24.3 Å². The van der Waals surface area contributed by atoms with E-state index in [4.69, 9.17) is 9.47 Å². The second-order valence-electron chi connectivity index (χ2n) is 12.0. The largest absolute Gasteiger partial charge is 0.483 e. The number of hydrogen-bond acceptors (Lipinski definition) is 8. The Morgan fingerprint density at radius 3 is 2.65 bits per heavy atom. The number of carbonyl (C=O) groups excluding carboxylic acids is 2. The van der Waals surface area contributed by atoms with Crippen LogP contribution in [-0.2, 0) is 43.2 Å². The van der Waals surface area contributed by atoms with E-state index in [-0.39, 0.29) is 55.0 Å². The summed E-state index contributed by atoms with van der Waals surface area (Å²) in [5, 5.41) is 9.50. The van der Waals surface area contributed by atoms with Gasteiger partial charge in [0.15, 0.2) is 0 Å². The molecule has 2 atom stereocenters. The van der Waals surface area contributed by atoms with Crippen LogP contribution in [0.4, 0.5) is 32.2 Å². The number of hydrogen-bond donors (Lipinski definition) is 1. The van der Waals surface area contributed by atoms with Gasteiger partial charge in [0, 0.05) is 48.9 Å². The van der Waals surface area contributed by atoms with Crippen LogP contribution in [0.15, 0.2) is 53.7 Å². The van der Waals surface area contributed by atoms with Crippen molar-refractivity contribution in [1.29, 1.82) is 0 Å². The van der Waals surface area contributed by atoms with Crippen LogP contribution in [0.1, 0.15) is 56.6 Å². The number of carbonyl (C=O) groups is 2. The lowest BCUT2D eigenvalue weighted by Gasteiger charge is -2.28. The van der Waals surface area contributed by atoms with Crippen molar-refractivity contribution >= 4 is 23.3 Å². The van der Waals surface area contributed by atoms with E-state index in [0.717, 1.165) is 21.8 Å². The Hall–Kier alpha value is -5.32. The summed E-state index contributed by atoms with van der Waals surface area (Å²) in [7, 11) is 0. The fraction of sp³-hybridized carbons (Fsp3) is 0.312. The molecular formula is C32H23F6N7O4. The molecule has 4 aliphatic rings. The van der Waals surface area contributed by atoms with Crippen molar-refractivity contribution in [3.63, 3.8) is 0 Å². The molecule has 0 spiro atoms. The number of fused-ring (bicyclic) bond motifs is 5. The maximum Gasteiger partial charge on any atom is 0.451 e. The van der Waals surface area contributed by atoms with Crippen molar-refractivity contribution < 1.29 is 45.4 Å². The van der Waals surface area contributed by atoms with Crippen LogP contribution >= 0.6 is 0 Å². The minimum atomic E-state index is -4.81. The lowest BCUT2D eigenvalue weighted by atomic mass is 10.0. The van der Waals surface area contributed by atoms with Gasteiger partial charge >= 0.3 is 12.4 Å². The number of aliphatic imine (C=N–C) groups is 1. The van der Waals surface area contributed by atoms with Crippen molar-refractivity contribution in [3.8, 4) is 17.2 Å². The van der Waals surface area contributed by atoms with E-state index in [9.17, 15) is 35.9 Å².